The van der Waals surface area contributed by atoms with Gasteiger partial charge >= 0.3 is 0 Å². The minimum absolute atomic E-state index is 0.106. The van der Waals surface area contributed by atoms with Crippen LogP contribution < -0.4 is 4.72 Å². The number of nitrogens with one attached hydrogen (secondary N) is 1. The Hall–Kier alpha value is -2.82. The van der Waals surface area contributed by atoms with E-state index in [1.54, 1.807) is 30.3 Å². The molecule has 0 saturated carbocycles. The summed E-state index contributed by atoms with van der Waals surface area (Å²) in [6, 6.07) is 11.7. The van der Waals surface area contributed by atoms with Gasteiger partial charge in [0.05, 0.1) is 17.2 Å². The number of piperazine rings is 1. The summed E-state index contributed by atoms with van der Waals surface area (Å²) >= 11 is 0. The summed E-state index contributed by atoms with van der Waals surface area (Å²) in [6.45, 7) is 4.27. The van der Waals surface area contributed by atoms with E-state index in [1.165, 1.54) is 0 Å². The van der Waals surface area contributed by atoms with Crippen LogP contribution in [0.15, 0.2) is 42.5 Å². The maximum Gasteiger partial charge on any atom is 0.269 e. The maximum atomic E-state index is 13.1. The summed E-state index contributed by atoms with van der Waals surface area (Å²) in [6.07, 6.45) is 3.42. The zero-order valence-electron chi connectivity index (χ0n) is 18.6. The number of nitro groups is 1. The fourth-order valence-electron chi connectivity index (χ4n) is 4.64. The Labute approximate surface area is 193 Å². The van der Waals surface area contributed by atoms with Gasteiger partial charge < -0.3 is 4.90 Å². The molecule has 0 aromatic heterocycles. The second kappa shape index (κ2) is 9.58. The van der Waals surface area contributed by atoms with Gasteiger partial charge in [-0.05, 0) is 48.6 Å². The number of Topliss-reactive ketones (excluding diaryl/α,β-unsaturated/α-hetero) is 1. The van der Waals surface area contributed by atoms with Crippen molar-refractivity contribution in [3.05, 3.63) is 69.3 Å². The Morgan fingerprint density at radius 1 is 1.09 bits per heavy atom. The van der Waals surface area contributed by atoms with Crippen LogP contribution in [0.25, 0.3) is 0 Å². The van der Waals surface area contributed by atoms with Crippen LogP contribution in [0, 0.1) is 10.1 Å². The van der Waals surface area contributed by atoms with Crippen LogP contribution in [0.1, 0.15) is 27.9 Å². The molecule has 1 unspecified atom stereocenters. The number of fused-ring (bicyclic) bond motifs is 1. The number of rotatable bonds is 7. The van der Waals surface area contributed by atoms with Gasteiger partial charge in [-0.1, -0.05) is 12.1 Å². The van der Waals surface area contributed by atoms with Gasteiger partial charge in [0.15, 0.2) is 5.78 Å². The van der Waals surface area contributed by atoms with E-state index in [9.17, 15) is 23.3 Å². The average Bonchev–Trinajstić information content (AvgIpc) is 2.77. The molecule has 0 bridgehead atoms. The third kappa shape index (κ3) is 5.76. The highest BCUT2D eigenvalue weighted by Gasteiger charge is 2.33. The third-order valence-electron chi connectivity index (χ3n) is 6.38. The minimum atomic E-state index is -3.35. The molecule has 2 aliphatic rings. The third-order valence-corrected chi connectivity index (χ3v) is 6.98. The monoisotopic (exact) mass is 472 g/mol. The van der Waals surface area contributed by atoms with E-state index in [2.05, 4.69) is 14.5 Å². The molecule has 0 radical (unpaired) electrons. The predicted molar refractivity (Wildman–Crippen MR) is 126 cm³/mol. The van der Waals surface area contributed by atoms with Gasteiger partial charge in [-0.15, -0.1) is 0 Å². The molecule has 176 valence electrons. The van der Waals surface area contributed by atoms with Crippen molar-refractivity contribution in [3.8, 4) is 0 Å². The fourth-order valence-corrected chi connectivity index (χ4v) is 5.19. The summed E-state index contributed by atoms with van der Waals surface area (Å²) in [5, 5.41) is 10.8. The molecule has 1 fully saturated rings. The zero-order chi connectivity index (χ0) is 23.6. The molecule has 1 heterocycles. The second-order valence-corrected chi connectivity index (χ2v) is 10.5. The van der Waals surface area contributed by atoms with Crippen molar-refractivity contribution in [2.24, 2.45) is 0 Å². The number of nitro benzene ring substituents is 1. The van der Waals surface area contributed by atoms with Crippen LogP contribution in [0.3, 0.4) is 0 Å². The molecule has 1 N–H and O–H groups in total. The first-order valence-corrected chi connectivity index (χ1v) is 12.9. The number of anilines is 1. The number of nitrogens with zero attached hydrogens (tertiary/aromatic N) is 3. The first kappa shape index (κ1) is 23.3. The molecule has 9 nitrogen and oxygen atoms in total. The van der Waals surface area contributed by atoms with Crippen molar-refractivity contribution in [1.29, 1.82) is 0 Å². The summed E-state index contributed by atoms with van der Waals surface area (Å²) in [5.41, 5.74) is 3.25. The molecule has 1 atom stereocenters. The van der Waals surface area contributed by atoms with Crippen LogP contribution in [0.5, 0.6) is 0 Å². The first-order valence-electron chi connectivity index (χ1n) is 11.0. The Bertz CT molecular complexity index is 1140. The number of ketones is 1. The lowest BCUT2D eigenvalue weighted by Crippen LogP contribution is -2.53. The van der Waals surface area contributed by atoms with Crippen molar-refractivity contribution >= 4 is 27.2 Å². The van der Waals surface area contributed by atoms with Gasteiger partial charge in [-0.3, -0.25) is 24.5 Å². The smallest absolute Gasteiger partial charge is 0.269 e. The fraction of sp³-hybridized carbons (Fsp3) is 0.435. The van der Waals surface area contributed by atoms with Gasteiger partial charge in [0, 0.05) is 56.1 Å². The first-order chi connectivity index (χ1) is 15.7. The van der Waals surface area contributed by atoms with E-state index < -0.39 is 10.0 Å². The Kier molecular flexibility index (Phi) is 6.78. The van der Waals surface area contributed by atoms with E-state index in [0.717, 1.165) is 69.4 Å². The van der Waals surface area contributed by atoms with E-state index >= 15 is 0 Å². The molecule has 10 heteroatoms. The molecule has 1 aliphatic heterocycles. The van der Waals surface area contributed by atoms with Crippen LogP contribution in [0.2, 0.25) is 0 Å². The minimum Gasteiger partial charge on any atom is -0.300 e. The van der Waals surface area contributed by atoms with E-state index in [4.69, 9.17) is 0 Å². The van der Waals surface area contributed by atoms with Crippen molar-refractivity contribution in [3.63, 3.8) is 0 Å². The molecule has 0 amide bonds. The zero-order valence-corrected chi connectivity index (χ0v) is 19.4. The molecular formula is C23H28N4O5S. The lowest BCUT2D eigenvalue weighted by atomic mass is 9.86. The number of hydrogen-bond donors (Lipinski definition) is 1. The van der Waals surface area contributed by atoms with Crippen LogP contribution >= 0.6 is 0 Å². The molecule has 1 saturated heterocycles. The summed E-state index contributed by atoms with van der Waals surface area (Å²) in [4.78, 5) is 28.2. The van der Waals surface area contributed by atoms with E-state index in [0.29, 0.717) is 11.3 Å². The molecule has 2 aromatic rings. The number of aryl methyl sites for hydroxylation is 1. The number of sulfonamides is 1. The predicted octanol–water partition coefficient (Wildman–Crippen LogP) is 2.32. The summed E-state index contributed by atoms with van der Waals surface area (Å²) in [5.74, 6) is 0.112. The number of hydrogen-bond acceptors (Lipinski definition) is 7. The quantitative estimate of drug-likeness (QED) is 0.486. The van der Waals surface area contributed by atoms with Gasteiger partial charge in [-0.2, -0.15) is 0 Å². The molecule has 1 aliphatic carbocycles. The molecule has 0 spiro atoms. The largest absolute Gasteiger partial charge is 0.300 e. The molecule has 4 rings (SSSR count). The second-order valence-electron chi connectivity index (χ2n) is 8.72. The standard InChI is InChI=1S/C23H28N4O5S/c1-33(31,32)24-19-5-8-21-18(16-19)4-9-22(23(21)28)26-14-12-25(13-15-26)11-10-17-2-6-20(7-3-17)27(29)30/h2-3,5-8,16,22,24H,4,9-15H2,1H3. The van der Waals surface area contributed by atoms with Gasteiger partial charge in [0.1, 0.15) is 0 Å². The van der Waals surface area contributed by atoms with E-state index in [-0.39, 0.29) is 22.4 Å². The van der Waals surface area contributed by atoms with E-state index in [1.807, 2.05) is 12.1 Å². The van der Waals surface area contributed by atoms with Crippen LogP contribution in [0.4, 0.5) is 11.4 Å². The van der Waals surface area contributed by atoms with Crippen molar-refractivity contribution in [1.82, 2.24) is 9.80 Å². The Balaban J connectivity index is 1.30. The van der Waals surface area contributed by atoms with Crippen molar-refractivity contribution < 1.29 is 18.1 Å². The molecule has 2 aromatic carbocycles. The Morgan fingerprint density at radius 3 is 2.42 bits per heavy atom. The van der Waals surface area contributed by atoms with Crippen molar-refractivity contribution in [2.45, 2.75) is 25.3 Å². The highest BCUT2D eigenvalue weighted by Crippen LogP contribution is 2.28. The highest BCUT2D eigenvalue weighted by atomic mass is 32.2. The number of carbonyl (C=O) groups is 1. The van der Waals surface area contributed by atoms with Gasteiger partial charge in [0.2, 0.25) is 10.0 Å². The molecule has 33 heavy (non-hydrogen) atoms. The highest BCUT2D eigenvalue weighted by molar-refractivity contribution is 7.92. The van der Waals surface area contributed by atoms with Gasteiger partial charge in [0.25, 0.3) is 5.69 Å². The summed E-state index contributed by atoms with van der Waals surface area (Å²) in [7, 11) is -3.35. The normalized spacial score (nSPS) is 19.8. The van der Waals surface area contributed by atoms with Gasteiger partial charge in [-0.25, -0.2) is 8.42 Å². The van der Waals surface area contributed by atoms with Crippen molar-refractivity contribution in [2.75, 3.05) is 43.7 Å². The Morgan fingerprint density at radius 2 is 1.79 bits per heavy atom. The van der Waals surface area contributed by atoms with Crippen LogP contribution in [-0.4, -0.2) is 73.9 Å². The average molecular weight is 473 g/mol. The van der Waals surface area contributed by atoms with Crippen LogP contribution in [-0.2, 0) is 22.9 Å². The molecular weight excluding hydrogens is 444 g/mol. The topological polar surface area (TPSA) is 113 Å². The lowest BCUT2D eigenvalue weighted by molar-refractivity contribution is -0.384. The lowest BCUT2D eigenvalue weighted by Gasteiger charge is -2.40. The number of non-ortho nitro benzene ring substituents is 1. The SMILES string of the molecule is CS(=O)(=O)Nc1ccc2c(c1)CCC(N1CCN(CCc3ccc([N+](=O)[O-])cc3)CC1)C2=O. The summed E-state index contributed by atoms with van der Waals surface area (Å²) < 4.78 is 25.4. The number of carbonyl (C=O) groups excluding carboxylic acids is 1. The number of benzene rings is 2. The maximum absolute atomic E-state index is 13.1.